The smallest absolute Gasteiger partial charge is 0.225 e. The van der Waals surface area contributed by atoms with Gasteiger partial charge in [0.2, 0.25) is 11.9 Å². The zero-order valence-electron chi connectivity index (χ0n) is 18.3. The van der Waals surface area contributed by atoms with Gasteiger partial charge in [-0.1, -0.05) is 36.4 Å². The van der Waals surface area contributed by atoms with Crippen molar-refractivity contribution < 1.29 is 9.18 Å². The highest BCUT2D eigenvalue weighted by atomic mass is 19.1. The number of carbonyl (C=O) groups excluding carboxylic acids is 1. The number of hydrogen-bond donors (Lipinski definition) is 2. The van der Waals surface area contributed by atoms with Crippen LogP contribution in [0.5, 0.6) is 0 Å². The number of nitriles is 1. The van der Waals surface area contributed by atoms with Gasteiger partial charge in [-0.2, -0.15) is 10.2 Å². The van der Waals surface area contributed by atoms with Gasteiger partial charge in [0, 0.05) is 30.8 Å². The van der Waals surface area contributed by atoms with Crippen molar-refractivity contribution in [2.75, 3.05) is 17.2 Å². The van der Waals surface area contributed by atoms with Gasteiger partial charge in [0.15, 0.2) is 0 Å². The standard InChI is InChI=1S/C25H25FN6O/c1-16-7-8-20(24(33)29-14-17-5-3-2-4-6-17)15-32(16)23-12-22(30-25(28)31-23)18-9-10-19(13-27)21(26)11-18/h2-6,9-12,16,20H,7-8,14-15H2,1H3,(H,29,33)(H2,28,30,31)/t16-,20+/m1/s1. The predicted molar refractivity (Wildman–Crippen MR) is 124 cm³/mol. The Hall–Kier alpha value is -3.99. The second-order valence-electron chi connectivity index (χ2n) is 8.26. The molecule has 168 valence electrons. The normalized spacial score (nSPS) is 17.9. The van der Waals surface area contributed by atoms with Gasteiger partial charge >= 0.3 is 0 Å². The van der Waals surface area contributed by atoms with Crippen molar-refractivity contribution >= 4 is 17.7 Å². The summed E-state index contributed by atoms with van der Waals surface area (Å²) in [6.07, 6.45) is 1.61. The summed E-state index contributed by atoms with van der Waals surface area (Å²) in [7, 11) is 0. The minimum atomic E-state index is -0.616. The molecule has 0 bridgehead atoms. The molecule has 1 aliphatic rings. The summed E-state index contributed by atoms with van der Waals surface area (Å²) in [5, 5.41) is 12.0. The lowest BCUT2D eigenvalue weighted by Crippen LogP contribution is -2.47. The highest BCUT2D eigenvalue weighted by Crippen LogP contribution is 2.30. The molecule has 0 aliphatic carbocycles. The van der Waals surface area contributed by atoms with E-state index in [0.717, 1.165) is 18.4 Å². The van der Waals surface area contributed by atoms with Gasteiger partial charge in [-0.05, 0) is 37.5 Å². The van der Waals surface area contributed by atoms with Crippen molar-refractivity contribution in [3.05, 3.63) is 71.5 Å². The molecular weight excluding hydrogens is 419 g/mol. The average Bonchev–Trinajstić information content (AvgIpc) is 2.83. The molecule has 1 saturated heterocycles. The van der Waals surface area contributed by atoms with Crippen LogP contribution in [0.4, 0.5) is 16.2 Å². The monoisotopic (exact) mass is 444 g/mol. The molecule has 0 saturated carbocycles. The third-order valence-electron chi connectivity index (χ3n) is 5.97. The molecule has 1 aromatic heterocycles. The number of nitrogen functional groups attached to an aromatic ring is 1. The van der Waals surface area contributed by atoms with Crippen molar-refractivity contribution in [3.8, 4) is 17.3 Å². The first kappa shape index (κ1) is 22.2. The van der Waals surface area contributed by atoms with E-state index in [2.05, 4.69) is 27.1 Å². The maximum atomic E-state index is 14.1. The molecule has 0 spiro atoms. The van der Waals surface area contributed by atoms with Crippen molar-refractivity contribution in [3.63, 3.8) is 0 Å². The number of halogens is 1. The van der Waals surface area contributed by atoms with E-state index in [0.29, 0.717) is 30.2 Å². The molecular formula is C25H25FN6O. The number of anilines is 2. The van der Waals surface area contributed by atoms with E-state index in [1.807, 2.05) is 36.4 Å². The topological polar surface area (TPSA) is 108 Å². The Morgan fingerprint density at radius 1 is 1.21 bits per heavy atom. The third kappa shape index (κ3) is 5.09. The van der Waals surface area contributed by atoms with Gasteiger partial charge in [-0.15, -0.1) is 0 Å². The van der Waals surface area contributed by atoms with Crippen LogP contribution in [-0.2, 0) is 11.3 Å². The zero-order chi connectivity index (χ0) is 23.4. The molecule has 2 aromatic carbocycles. The van der Waals surface area contributed by atoms with Crippen LogP contribution in [0.2, 0.25) is 0 Å². The Morgan fingerprint density at radius 3 is 2.73 bits per heavy atom. The number of amides is 1. The molecule has 7 nitrogen and oxygen atoms in total. The van der Waals surface area contributed by atoms with Crippen LogP contribution >= 0.6 is 0 Å². The fraction of sp³-hybridized carbons (Fsp3) is 0.280. The Morgan fingerprint density at radius 2 is 2.00 bits per heavy atom. The number of aromatic nitrogens is 2. The second kappa shape index (κ2) is 9.65. The fourth-order valence-electron chi connectivity index (χ4n) is 4.08. The Kier molecular flexibility index (Phi) is 6.50. The van der Waals surface area contributed by atoms with Crippen LogP contribution in [-0.4, -0.2) is 28.5 Å². The molecule has 4 rings (SSSR count). The van der Waals surface area contributed by atoms with E-state index < -0.39 is 5.82 Å². The van der Waals surface area contributed by atoms with Crippen LogP contribution in [0.1, 0.15) is 30.9 Å². The molecule has 33 heavy (non-hydrogen) atoms. The number of nitrogens with two attached hydrogens (primary N) is 1. The van der Waals surface area contributed by atoms with Gasteiger partial charge in [0.1, 0.15) is 17.7 Å². The van der Waals surface area contributed by atoms with Crippen molar-refractivity contribution in [1.29, 1.82) is 5.26 Å². The average molecular weight is 445 g/mol. The molecule has 0 unspecified atom stereocenters. The van der Waals surface area contributed by atoms with E-state index in [-0.39, 0.29) is 29.4 Å². The van der Waals surface area contributed by atoms with Crippen molar-refractivity contribution in [1.82, 2.24) is 15.3 Å². The summed E-state index contributed by atoms with van der Waals surface area (Å²) < 4.78 is 14.1. The molecule has 3 aromatic rings. The highest BCUT2D eigenvalue weighted by Gasteiger charge is 2.31. The third-order valence-corrected chi connectivity index (χ3v) is 5.97. The van der Waals surface area contributed by atoms with E-state index in [1.165, 1.54) is 12.1 Å². The van der Waals surface area contributed by atoms with E-state index in [4.69, 9.17) is 11.0 Å². The minimum Gasteiger partial charge on any atom is -0.368 e. The van der Waals surface area contributed by atoms with Crippen LogP contribution in [0.25, 0.3) is 11.3 Å². The summed E-state index contributed by atoms with van der Waals surface area (Å²) in [6, 6.07) is 17.8. The second-order valence-corrected chi connectivity index (χ2v) is 8.26. The van der Waals surface area contributed by atoms with E-state index in [9.17, 15) is 9.18 Å². The lowest BCUT2D eigenvalue weighted by molar-refractivity contribution is -0.125. The van der Waals surface area contributed by atoms with Crippen molar-refractivity contribution in [2.24, 2.45) is 5.92 Å². The Labute approximate surface area is 192 Å². The number of benzene rings is 2. The van der Waals surface area contributed by atoms with Crippen LogP contribution in [0.3, 0.4) is 0 Å². The SMILES string of the molecule is C[C@@H]1CC[C@H](C(=O)NCc2ccccc2)CN1c1cc(-c2ccc(C#N)c(F)c2)nc(N)n1. The summed E-state index contributed by atoms with van der Waals surface area (Å²) in [5.41, 5.74) is 7.96. The van der Waals surface area contributed by atoms with Gasteiger partial charge in [-0.3, -0.25) is 4.79 Å². The molecule has 2 atom stereocenters. The lowest BCUT2D eigenvalue weighted by atomic mass is 9.92. The highest BCUT2D eigenvalue weighted by molar-refractivity contribution is 5.79. The molecule has 1 amide bonds. The van der Waals surface area contributed by atoms with Crippen molar-refractivity contribution in [2.45, 2.75) is 32.4 Å². The van der Waals surface area contributed by atoms with Gasteiger partial charge in [0.25, 0.3) is 0 Å². The Bertz CT molecular complexity index is 1190. The van der Waals surface area contributed by atoms with Crippen LogP contribution < -0.4 is 16.0 Å². The van der Waals surface area contributed by atoms with E-state index in [1.54, 1.807) is 12.1 Å². The van der Waals surface area contributed by atoms with Crippen LogP contribution in [0.15, 0.2) is 54.6 Å². The Balaban J connectivity index is 1.53. The van der Waals surface area contributed by atoms with Crippen LogP contribution in [0, 0.1) is 23.1 Å². The molecule has 8 heteroatoms. The molecule has 3 N–H and O–H groups in total. The summed E-state index contributed by atoms with van der Waals surface area (Å²) >= 11 is 0. The maximum Gasteiger partial charge on any atom is 0.225 e. The number of piperidine rings is 1. The molecule has 2 heterocycles. The summed E-state index contributed by atoms with van der Waals surface area (Å²) in [5.74, 6) is -0.134. The first-order chi connectivity index (χ1) is 15.9. The summed E-state index contributed by atoms with van der Waals surface area (Å²) in [6.45, 7) is 3.07. The molecule has 0 radical (unpaired) electrons. The molecule has 1 aliphatic heterocycles. The van der Waals surface area contributed by atoms with E-state index >= 15 is 0 Å². The first-order valence-corrected chi connectivity index (χ1v) is 10.9. The molecule has 1 fully saturated rings. The predicted octanol–water partition coefficient (Wildman–Crippen LogP) is 3.66. The minimum absolute atomic E-state index is 0.00664. The van der Waals surface area contributed by atoms with Gasteiger partial charge in [0.05, 0.1) is 17.2 Å². The summed E-state index contributed by atoms with van der Waals surface area (Å²) in [4.78, 5) is 23.5. The number of carbonyl (C=O) groups is 1. The lowest BCUT2D eigenvalue weighted by Gasteiger charge is -2.38. The van der Waals surface area contributed by atoms with Gasteiger partial charge in [-0.25, -0.2) is 9.37 Å². The number of hydrogen-bond acceptors (Lipinski definition) is 6. The largest absolute Gasteiger partial charge is 0.368 e. The fourth-order valence-corrected chi connectivity index (χ4v) is 4.08. The number of nitrogens with zero attached hydrogens (tertiary/aromatic N) is 4. The first-order valence-electron chi connectivity index (χ1n) is 10.9. The van der Waals surface area contributed by atoms with Gasteiger partial charge < -0.3 is 16.0 Å². The zero-order valence-corrected chi connectivity index (χ0v) is 18.3. The number of rotatable bonds is 5. The maximum absolute atomic E-state index is 14.1. The quantitative estimate of drug-likeness (QED) is 0.622. The number of nitrogens with one attached hydrogen (secondary N) is 1.